The van der Waals surface area contributed by atoms with Crippen LogP contribution in [0.2, 0.25) is 0 Å². The fraction of sp³-hybridized carbons (Fsp3) is 0.824. The van der Waals surface area contributed by atoms with E-state index in [1.54, 1.807) is 0 Å². The summed E-state index contributed by atoms with van der Waals surface area (Å²) in [7, 11) is 0. The molecule has 4 aliphatic carbocycles. The average Bonchev–Trinajstić information content (AvgIpc) is 2.86. The van der Waals surface area contributed by atoms with Gasteiger partial charge in [0.15, 0.2) is 0 Å². The van der Waals surface area contributed by atoms with Crippen LogP contribution >= 0.6 is 0 Å². The van der Waals surface area contributed by atoms with Crippen LogP contribution in [0.5, 0.6) is 0 Å². The third-order valence-corrected chi connectivity index (χ3v) is 6.11. The Hall–Kier alpha value is -0.830. The Kier molecular flexibility index (Phi) is 3.13. The first-order valence-corrected chi connectivity index (χ1v) is 8.45. The van der Waals surface area contributed by atoms with Gasteiger partial charge in [0, 0.05) is 18.3 Å². The summed E-state index contributed by atoms with van der Waals surface area (Å²) in [4.78, 5) is 0. The van der Waals surface area contributed by atoms with Crippen LogP contribution in [0.1, 0.15) is 57.1 Å². The second kappa shape index (κ2) is 4.87. The van der Waals surface area contributed by atoms with Crippen LogP contribution in [0.4, 0.5) is 0 Å². The molecule has 1 unspecified atom stereocenters. The van der Waals surface area contributed by atoms with Crippen LogP contribution in [-0.2, 0) is 6.54 Å². The van der Waals surface area contributed by atoms with Gasteiger partial charge in [-0.3, -0.25) is 4.68 Å². The molecule has 4 bridgehead atoms. The maximum Gasteiger partial charge on any atom is 0.0853 e. The van der Waals surface area contributed by atoms with Gasteiger partial charge in [-0.2, -0.15) is 5.10 Å². The molecule has 1 aromatic heterocycles. The van der Waals surface area contributed by atoms with Crippen molar-refractivity contribution in [3.8, 4) is 0 Å². The minimum Gasteiger partial charge on any atom is -0.388 e. The maximum atomic E-state index is 10.9. The van der Waals surface area contributed by atoms with Crippen LogP contribution < -0.4 is 0 Å². The van der Waals surface area contributed by atoms with Crippen molar-refractivity contribution in [1.82, 2.24) is 9.78 Å². The van der Waals surface area contributed by atoms with Crippen LogP contribution in [0.15, 0.2) is 12.4 Å². The number of hydrogen-bond donors (Lipinski definition) is 1. The lowest BCUT2D eigenvalue weighted by molar-refractivity contribution is -0.0908. The second-order valence-electron chi connectivity index (χ2n) is 7.49. The minimum atomic E-state index is -0.282. The quantitative estimate of drug-likeness (QED) is 0.914. The summed E-state index contributed by atoms with van der Waals surface area (Å²) in [5.41, 5.74) is 1.05. The fourth-order valence-electron chi connectivity index (χ4n) is 5.59. The monoisotopic (exact) mass is 274 g/mol. The van der Waals surface area contributed by atoms with E-state index < -0.39 is 0 Å². The van der Waals surface area contributed by atoms with Gasteiger partial charge in [0.1, 0.15) is 0 Å². The molecular weight excluding hydrogens is 248 g/mol. The molecule has 1 aromatic rings. The van der Waals surface area contributed by atoms with Gasteiger partial charge in [-0.15, -0.1) is 0 Å². The molecule has 4 saturated carbocycles. The molecule has 5 rings (SSSR count). The standard InChI is InChI=1S/C17H26N2O/c1-2-3-19-10-15(9-18-19)17(20)16-13-5-11-4-12(7-13)8-14(16)6-11/h9-14,16-17,20H,2-8H2,1H3. The topological polar surface area (TPSA) is 38.0 Å². The molecule has 1 atom stereocenters. The van der Waals surface area contributed by atoms with Gasteiger partial charge in [0.25, 0.3) is 0 Å². The second-order valence-corrected chi connectivity index (χ2v) is 7.49. The van der Waals surface area contributed by atoms with Gasteiger partial charge in [-0.1, -0.05) is 6.92 Å². The molecule has 0 radical (unpaired) electrons. The van der Waals surface area contributed by atoms with Gasteiger partial charge in [0.2, 0.25) is 0 Å². The van der Waals surface area contributed by atoms with E-state index >= 15 is 0 Å². The highest BCUT2D eigenvalue weighted by atomic mass is 16.3. The van der Waals surface area contributed by atoms with Gasteiger partial charge >= 0.3 is 0 Å². The Morgan fingerprint density at radius 3 is 2.45 bits per heavy atom. The minimum absolute atomic E-state index is 0.282. The molecule has 20 heavy (non-hydrogen) atoms. The Morgan fingerprint density at radius 2 is 1.85 bits per heavy atom. The molecular formula is C17H26N2O. The van der Waals surface area contributed by atoms with Crippen molar-refractivity contribution in [3.05, 3.63) is 18.0 Å². The van der Waals surface area contributed by atoms with E-state index in [1.165, 1.54) is 32.1 Å². The van der Waals surface area contributed by atoms with Crippen molar-refractivity contribution in [3.63, 3.8) is 0 Å². The Bertz CT molecular complexity index is 453. The smallest absolute Gasteiger partial charge is 0.0853 e. The van der Waals surface area contributed by atoms with E-state index in [9.17, 15) is 5.11 Å². The number of hydrogen-bond acceptors (Lipinski definition) is 2. The molecule has 3 heteroatoms. The van der Waals surface area contributed by atoms with Crippen molar-refractivity contribution in [2.75, 3.05) is 0 Å². The summed E-state index contributed by atoms with van der Waals surface area (Å²) in [5, 5.41) is 15.3. The molecule has 0 aromatic carbocycles. The first kappa shape index (κ1) is 12.9. The average molecular weight is 274 g/mol. The highest BCUT2D eigenvalue weighted by Crippen LogP contribution is 2.59. The highest BCUT2D eigenvalue weighted by Gasteiger charge is 2.50. The first-order valence-electron chi connectivity index (χ1n) is 8.45. The molecule has 3 nitrogen and oxygen atoms in total. The normalized spacial score (nSPS) is 40.2. The summed E-state index contributed by atoms with van der Waals surface area (Å²) in [6.07, 6.45) is 11.7. The third-order valence-electron chi connectivity index (χ3n) is 6.11. The van der Waals surface area contributed by atoms with Crippen molar-refractivity contribution in [1.29, 1.82) is 0 Å². The Morgan fingerprint density at radius 1 is 1.20 bits per heavy atom. The number of rotatable bonds is 4. The zero-order valence-electron chi connectivity index (χ0n) is 12.4. The first-order chi connectivity index (χ1) is 9.74. The lowest BCUT2D eigenvalue weighted by Crippen LogP contribution is -2.47. The number of aliphatic hydroxyl groups is 1. The fourth-order valence-corrected chi connectivity index (χ4v) is 5.59. The zero-order chi connectivity index (χ0) is 13.7. The van der Waals surface area contributed by atoms with Gasteiger partial charge in [0.05, 0.1) is 12.3 Å². The van der Waals surface area contributed by atoms with Crippen LogP contribution in [0.25, 0.3) is 0 Å². The molecule has 0 amide bonds. The Labute approximate surface area is 121 Å². The predicted octanol–water partition coefficient (Wildman–Crippen LogP) is 3.40. The largest absolute Gasteiger partial charge is 0.388 e. The van der Waals surface area contributed by atoms with Gasteiger partial charge < -0.3 is 5.11 Å². The zero-order valence-corrected chi connectivity index (χ0v) is 12.4. The molecule has 4 aliphatic rings. The SMILES string of the molecule is CCCn1cc(C(O)C2C3CC4CC(C3)CC2C4)cn1. The molecule has 1 N–H and O–H groups in total. The summed E-state index contributed by atoms with van der Waals surface area (Å²) >= 11 is 0. The van der Waals surface area contributed by atoms with Crippen LogP contribution in [0, 0.1) is 29.6 Å². The van der Waals surface area contributed by atoms with E-state index in [-0.39, 0.29) is 6.10 Å². The lowest BCUT2D eigenvalue weighted by Gasteiger charge is -2.55. The van der Waals surface area contributed by atoms with Gasteiger partial charge in [-0.05, 0) is 68.1 Å². The number of aryl methyl sites for hydroxylation is 1. The number of nitrogens with zero attached hydrogens (tertiary/aromatic N) is 2. The van der Waals surface area contributed by atoms with E-state index in [4.69, 9.17) is 0 Å². The number of aliphatic hydroxyl groups excluding tert-OH is 1. The maximum absolute atomic E-state index is 10.9. The van der Waals surface area contributed by atoms with Crippen molar-refractivity contribution >= 4 is 0 Å². The highest BCUT2D eigenvalue weighted by molar-refractivity contribution is 5.13. The third kappa shape index (κ3) is 2.02. The van der Waals surface area contributed by atoms with E-state index in [0.717, 1.165) is 42.2 Å². The summed E-state index contributed by atoms with van der Waals surface area (Å²) < 4.78 is 1.98. The molecule has 0 saturated heterocycles. The Balaban J connectivity index is 1.54. The molecule has 1 heterocycles. The van der Waals surface area contributed by atoms with E-state index in [2.05, 4.69) is 18.2 Å². The van der Waals surface area contributed by atoms with E-state index in [0.29, 0.717) is 5.92 Å². The number of aromatic nitrogens is 2. The summed E-state index contributed by atoms with van der Waals surface area (Å²) in [6, 6.07) is 0. The lowest BCUT2D eigenvalue weighted by atomic mass is 9.50. The predicted molar refractivity (Wildman–Crippen MR) is 78.0 cm³/mol. The van der Waals surface area contributed by atoms with Crippen molar-refractivity contribution in [2.45, 2.75) is 58.1 Å². The van der Waals surface area contributed by atoms with E-state index in [1.807, 2.05) is 10.9 Å². The molecule has 0 aliphatic heterocycles. The molecule has 0 spiro atoms. The summed E-state index contributed by atoms with van der Waals surface area (Å²) in [6.45, 7) is 3.12. The van der Waals surface area contributed by atoms with Crippen molar-refractivity contribution < 1.29 is 5.11 Å². The summed E-state index contributed by atoms with van der Waals surface area (Å²) in [5.74, 6) is 4.00. The van der Waals surface area contributed by atoms with Crippen LogP contribution in [-0.4, -0.2) is 14.9 Å². The molecule has 110 valence electrons. The van der Waals surface area contributed by atoms with Crippen LogP contribution in [0.3, 0.4) is 0 Å². The van der Waals surface area contributed by atoms with Crippen molar-refractivity contribution in [2.24, 2.45) is 29.6 Å². The van der Waals surface area contributed by atoms with Gasteiger partial charge in [-0.25, -0.2) is 0 Å². The molecule has 4 fully saturated rings.